The standard InChI is InChI=1S/C22H19ClN2O3S/c23-17-4-7-19(8-5-17)28-14-21(26)24-18-6-3-15-9-10-25(13-16(15)12-18)22(27)20-2-1-11-29-20/h1-8,11-12H,9-10,13-14H2,(H,24,26). The van der Waals surface area contributed by atoms with Crippen LogP contribution in [0.2, 0.25) is 5.02 Å². The van der Waals surface area contributed by atoms with Gasteiger partial charge in [0.2, 0.25) is 0 Å². The summed E-state index contributed by atoms with van der Waals surface area (Å²) in [5, 5.41) is 5.37. The number of halogens is 1. The summed E-state index contributed by atoms with van der Waals surface area (Å²) in [4.78, 5) is 27.4. The first kappa shape index (κ1) is 19.5. The fraction of sp³-hybridized carbons (Fsp3) is 0.182. The Kier molecular flexibility index (Phi) is 5.83. The lowest BCUT2D eigenvalue weighted by atomic mass is 9.99. The van der Waals surface area contributed by atoms with E-state index < -0.39 is 0 Å². The summed E-state index contributed by atoms with van der Waals surface area (Å²) in [5.74, 6) is 0.386. The highest BCUT2D eigenvalue weighted by Crippen LogP contribution is 2.25. The molecular weight excluding hydrogens is 408 g/mol. The number of benzene rings is 2. The Morgan fingerprint density at radius 1 is 1.10 bits per heavy atom. The first-order valence-electron chi connectivity index (χ1n) is 9.21. The lowest BCUT2D eigenvalue weighted by Crippen LogP contribution is -2.35. The van der Waals surface area contributed by atoms with Crippen LogP contribution >= 0.6 is 22.9 Å². The van der Waals surface area contributed by atoms with Gasteiger partial charge >= 0.3 is 0 Å². The fourth-order valence-corrected chi connectivity index (χ4v) is 4.06. The molecule has 0 bridgehead atoms. The molecule has 0 saturated carbocycles. The van der Waals surface area contributed by atoms with Gasteiger partial charge in [-0.05, 0) is 65.4 Å². The second-order valence-electron chi connectivity index (χ2n) is 6.73. The minimum atomic E-state index is -0.248. The average Bonchev–Trinajstić information content (AvgIpc) is 3.27. The van der Waals surface area contributed by atoms with Crippen LogP contribution in [0.25, 0.3) is 0 Å². The molecule has 0 unspecified atom stereocenters. The number of hydrogen-bond acceptors (Lipinski definition) is 4. The Hall–Kier alpha value is -2.83. The SMILES string of the molecule is O=C(COc1ccc(Cl)cc1)Nc1ccc2c(c1)CN(C(=O)c1cccs1)CC2. The van der Waals surface area contributed by atoms with E-state index >= 15 is 0 Å². The van der Waals surface area contributed by atoms with Crippen molar-refractivity contribution in [2.45, 2.75) is 13.0 Å². The maximum Gasteiger partial charge on any atom is 0.264 e. The molecule has 0 radical (unpaired) electrons. The topological polar surface area (TPSA) is 58.6 Å². The minimum absolute atomic E-state index is 0.0523. The number of ether oxygens (including phenoxy) is 1. The van der Waals surface area contributed by atoms with Crippen molar-refractivity contribution in [3.8, 4) is 5.75 Å². The van der Waals surface area contributed by atoms with Crippen LogP contribution in [0, 0.1) is 0 Å². The molecule has 0 fully saturated rings. The lowest BCUT2D eigenvalue weighted by molar-refractivity contribution is -0.118. The zero-order chi connectivity index (χ0) is 20.2. The number of carbonyl (C=O) groups excluding carboxylic acids is 2. The third-order valence-corrected chi connectivity index (χ3v) is 5.81. The normalized spacial score (nSPS) is 12.9. The van der Waals surface area contributed by atoms with Crippen molar-refractivity contribution >= 4 is 40.4 Å². The van der Waals surface area contributed by atoms with Gasteiger partial charge in [0.15, 0.2) is 6.61 Å². The van der Waals surface area contributed by atoms with Crippen molar-refractivity contribution < 1.29 is 14.3 Å². The van der Waals surface area contributed by atoms with Crippen LogP contribution in [0.4, 0.5) is 5.69 Å². The van der Waals surface area contributed by atoms with Crippen molar-refractivity contribution in [3.05, 3.63) is 81.0 Å². The molecule has 148 valence electrons. The minimum Gasteiger partial charge on any atom is -0.484 e. The summed E-state index contributed by atoms with van der Waals surface area (Å²) in [6, 6.07) is 16.4. The van der Waals surface area contributed by atoms with Gasteiger partial charge in [0, 0.05) is 23.8 Å². The fourth-order valence-electron chi connectivity index (χ4n) is 3.24. The summed E-state index contributed by atoms with van der Waals surface area (Å²) < 4.78 is 5.48. The number of thiophene rings is 1. The van der Waals surface area contributed by atoms with E-state index in [0.717, 1.165) is 16.9 Å². The quantitative estimate of drug-likeness (QED) is 0.647. The molecule has 3 aromatic rings. The van der Waals surface area contributed by atoms with Gasteiger partial charge in [-0.25, -0.2) is 0 Å². The molecule has 4 rings (SSSR count). The summed E-state index contributed by atoms with van der Waals surface area (Å²) in [7, 11) is 0. The van der Waals surface area contributed by atoms with Crippen LogP contribution < -0.4 is 10.1 Å². The Morgan fingerprint density at radius 3 is 2.69 bits per heavy atom. The van der Waals surface area contributed by atoms with Gasteiger partial charge in [-0.3, -0.25) is 9.59 Å². The van der Waals surface area contributed by atoms with E-state index in [9.17, 15) is 9.59 Å². The summed E-state index contributed by atoms with van der Waals surface area (Å²) >= 11 is 7.29. The van der Waals surface area contributed by atoms with Crippen molar-refractivity contribution in [2.24, 2.45) is 0 Å². The van der Waals surface area contributed by atoms with Crippen LogP contribution in [0.5, 0.6) is 5.75 Å². The molecule has 1 aromatic heterocycles. The van der Waals surface area contributed by atoms with E-state index in [0.29, 0.717) is 29.5 Å². The maximum atomic E-state index is 12.6. The van der Waals surface area contributed by atoms with Crippen LogP contribution in [0.1, 0.15) is 20.8 Å². The Bertz CT molecular complexity index is 1020. The highest BCUT2D eigenvalue weighted by atomic mass is 35.5. The molecule has 7 heteroatoms. The molecule has 29 heavy (non-hydrogen) atoms. The van der Waals surface area contributed by atoms with E-state index in [-0.39, 0.29) is 18.4 Å². The zero-order valence-corrected chi connectivity index (χ0v) is 17.1. The number of amides is 2. The van der Waals surface area contributed by atoms with Gasteiger partial charge < -0.3 is 15.0 Å². The lowest BCUT2D eigenvalue weighted by Gasteiger charge is -2.29. The molecule has 0 atom stereocenters. The first-order valence-corrected chi connectivity index (χ1v) is 10.5. The predicted molar refractivity (Wildman–Crippen MR) is 115 cm³/mol. The van der Waals surface area contributed by atoms with Crippen LogP contribution in [-0.2, 0) is 17.8 Å². The predicted octanol–water partition coefficient (Wildman–Crippen LogP) is 4.62. The summed E-state index contributed by atoms with van der Waals surface area (Å²) in [6.45, 7) is 1.14. The van der Waals surface area contributed by atoms with Crippen LogP contribution in [0.3, 0.4) is 0 Å². The molecule has 0 aliphatic carbocycles. The third-order valence-electron chi connectivity index (χ3n) is 4.71. The number of nitrogens with zero attached hydrogens (tertiary/aromatic N) is 1. The highest BCUT2D eigenvalue weighted by molar-refractivity contribution is 7.12. The Labute approximate surface area is 177 Å². The van der Waals surface area contributed by atoms with Crippen molar-refractivity contribution in [1.29, 1.82) is 0 Å². The van der Waals surface area contributed by atoms with Gasteiger partial charge in [-0.1, -0.05) is 23.7 Å². The van der Waals surface area contributed by atoms with E-state index in [1.54, 1.807) is 24.3 Å². The first-order chi connectivity index (χ1) is 14.1. The molecular formula is C22H19ClN2O3S. The van der Waals surface area contributed by atoms with Crippen molar-refractivity contribution in [1.82, 2.24) is 4.90 Å². The number of anilines is 1. The molecule has 5 nitrogen and oxygen atoms in total. The van der Waals surface area contributed by atoms with Crippen molar-refractivity contribution in [3.63, 3.8) is 0 Å². The largest absolute Gasteiger partial charge is 0.484 e. The molecule has 2 amide bonds. The van der Waals surface area contributed by atoms with Crippen molar-refractivity contribution in [2.75, 3.05) is 18.5 Å². The Balaban J connectivity index is 1.37. The highest BCUT2D eigenvalue weighted by Gasteiger charge is 2.22. The van der Waals surface area contributed by atoms with E-state index in [1.165, 1.54) is 16.9 Å². The van der Waals surface area contributed by atoms with Crippen LogP contribution in [-0.4, -0.2) is 29.9 Å². The maximum absolute atomic E-state index is 12.6. The van der Waals surface area contributed by atoms with Gasteiger partial charge in [-0.2, -0.15) is 0 Å². The molecule has 1 N–H and O–H groups in total. The molecule has 0 saturated heterocycles. The van der Waals surface area contributed by atoms with E-state index in [1.807, 2.05) is 40.6 Å². The van der Waals surface area contributed by atoms with Gasteiger partial charge in [-0.15, -0.1) is 11.3 Å². The second kappa shape index (κ2) is 8.68. The zero-order valence-electron chi connectivity index (χ0n) is 15.6. The van der Waals surface area contributed by atoms with Crippen LogP contribution in [0.15, 0.2) is 60.0 Å². The molecule has 0 spiro atoms. The number of hydrogen-bond donors (Lipinski definition) is 1. The monoisotopic (exact) mass is 426 g/mol. The third kappa shape index (κ3) is 4.78. The van der Waals surface area contributed by atoms with Gasteiger partial charge in [0.1, 0.15) is 5.75 Å². The summed E-state index contributed by atoms with van der Waals surface area (Å²) in [6.07, 6.45) is 0.806. The summed E-state index contributed by atoms with van der Waals surface area (Å²) in [5.41, 5.74) is 2.95. The van der Waals surface area contributed by atoms with E-state index in [2.05, 4.69) is 5.32 Å². The number of carbonyl (C=O) groups is 2. The molecule has 2 aromatic carbocycles. The number of nitrogens with one attached hydrogen (secondary N) is 1. The average molecular weight is 427 g/mol. The number of rotatable bonds is 5. The number of fused-ring (bicyclic) bond motifs is 1. The molecule has 1 aliphatic rings. The second-order valence-corrected chi connectivity index (χ2v) is 8.11. The van der Waals surface area contributed by atoms with E-state index in [4.69, 9.17) is 16.3 Å². The molecule has 2 heterocycles. The Morgan fingerprint density at radius 2 is 1.93 bits per heavy atom. The van der Waals surface area contributed by atoms with Gasteiger partial charge in [0.05, 0.1) is 4.88 Å². The molecule has 1 aliphatic heterocycles. The van der Waals surface area contributed by atoms with Gasteiger partial charge in [0.25, 0.3) is 11.8 Å². The smallest absolute Gasteiger partial charge is 0.264 e.